The Bertz CT molecular complexity index is 1280. The van der Waals surface area contributed by atoms with E-state index in [0.717, 1.165) is 31.4 Å². The lowest BCUT2D eigenvalue weighted by Gasteiger charge is -2.22. The van der Waals surface area contributed by atoms with Crippen molar-refractivity contribution in [1.82, 2.24) is 15.0 Å². The number of anilines is 1. The standard InChI is InChI=1S/C25H27ClF2N4O6/c26-15-7-18-24(32-25(30-18)38-20-11-37-21-19(33)10-36-22(20)21)31-23(15)29-8-14-16(27)5-13(6-17(14)28)35-9-12-3-1-2-4-34-12/h5-7,12,19-22,33H,1-4,8-11H2,(H2,29,30,31,32)/t12?,19-,20-,21-,22-/m1/s1. The first-order chi connectivity index (χ1) is 18.4. The summed E-state index contributed by atoms with van der Waals surface area (Å²) in [5, 5.41) is 13.0. The Hall–Kier alpha value is -2.77. The van der Waals surface area contributed by atoms with Gasteiger partial charge in [-0.2, -0.15) is 4.98 Å². The zero-order valence-electron chi connectivity index (χ0n) is 20.3. The van der Waals surface area contributed by atoms with Gasteiger partial charge in [-0.3, -0.25) is 0 Å². The summed E-state index contributed by atoms with van der Waals surface area (Å²) in [7, 11) is 0. The molecule has 3 aliphatic rings. The molecular formula is C25H27ClF2N4O6. The monoisotopic (exact) mass is 552 g/mol. The Morgan fingerprint density at radius 1 is 1.08 bits per heavy atom. The van der Waals surface area contributed by atoms with Gasteiger partial charge >= 0.3 is 0 Å². The molecule has 3 aromatic rings. The minimum absolute atomic E-state index is 0.0698. The molecule has 0 amide bonds. The van der Waals surface area contributed by atoms with E-state index in [4.69, 9.17) is 35.3 Å². The Kier molecular flexibility index (Phi) is 7.23. The Morgan fingerprint density at radius 3 is 2.68 bits per heavy atom. The Balaban J connectivity index is 1.10. The average molecular weight is 553 g/mol. The molecule has 1 unspecified atom stereocenters. The van der Waals surface area contributed by atoms with Gasteiger partial charge in [0.15, 0.2) is 11.8 Å². The summed E-state index contributed by atoms with van der Waals surface area (Å²) in [6.45, 7) is 1.16. The summed E-state index contributed by atoms with van der Waals surface area (Å²) in [5.41, 5.74) is 0.633. The van der Waals surface area contributed by atoms with Crippen molar-refractivity contribution in [1.29, 1.82) is 0 Å². The zero-order chi connectivity index (χ0) is 26.2. The van der Waals surface area contributed by atoms with Crippen molar-refractivity contribution >= 4 is 28.6 Å². The van der Waals surface area contributed by atoms with Crippen molar-refractivity contribution in [2.45, 2.75) is 56.3 Å². The highest BCUT2D eigenvalue weighted by Crippen LogP contribution is 2.31. The molecule has 3 N–H and O–H groups in total. The van der Waals surface area contributed by atoms with Crippen LogP contribution in [0.15, 0.2) is 18.2 Å². The molecule has 204 valence electrons. The van der Waals surface area contributed by atoms with Crippen LogP contribution in [0.3, 0.4) is 0 Å². The lowest BCUT2D eigenvalue weighted by molar-refractivity contribution is -0.0111. The highest BCUT2D eigenvalue weighted by molar-refractivity contribution is 6.33. The van der Waals surface area contributed by atoms with E-state index in [1.807, 2.05) is 0 Å². The van der Waals surface area contributed by atoms with Crippen LogP contribution < -0.4 is 14.8 Å². The van der Waals surface area contributed by atoms with Gasteiger partial charge in [0.1, 0.15) is 48.1 Å². The molecule has 3 saturated heterocycles. The van der Waals surface area contributed by atoms with Gasteiger partial charge < -0.3 is 39.1 Å². The molecule has 1 aromatic carbocycles. The van der Waals surface area contributed by atoms with Gasteiger partial charge in [-0.1, -0.05) is 11.6 Å². The van der Waals surface area contributed by atoms with E-state index in [2.05, 4.69) is 20.3 Å². The lowest BCUT2D eigenvalue weighted by Crippen LogP contribution is -2.34. The van der Waals surface area contributed by atoms with Crippen LogP contribution in [0.25, 0.3) is 11.2 Å². The number of nitrogens with zero attached hydrogens (tertiary/aromatic N) is 2. The average Bonchev–Trinajstić information content (AvgIpc) is 3.59. The van der Waals surface area contributed by atoms with E-state index < -0.39 is 36.1 Å². The highest BCUT2D eigenvalue weighted by Gasteiger charge is 2.48. The fourth-order valence-corrected chi connectivity index (χ4v) is 5.11. The van der Waals surface area contributed by atoms with Crippen LogP contribution in [0.5, 0.6) is 11.8 Å². The highest BCUT2D eigenvalue weighted by atomic mass is 35.5. The van der Waals surface area contributed by atoms with Crippen molar-refractivity contribution in [2.24, 2.45) is 0 Å². The first-order valence-corrected chi connectivity index (χ1v) is 12.9. The summed E-state index contributed by atoms with van der Waals surface area (Å²) in [6, 6.07) is 4.09. The quantitative estimate of drug-likeness (QED) is 0.386. The van der Waals surface area contributed by atoms with Crippen molar-refractivity contribution < 1.29 is 37.6 Å². The van der Waals surface area contributed by atoms with Crippen molar-refractivity contribution in [2.75, 3.05) is 31.7 Å². The number of aliphatic hydroxyl groups is 1. The number of aromatic amines is 1. The number of aromatic nitrogens is 3. The van der Waals surface area contributed by atoms with Gasteiger partial charge in [0.05, 0.1) is 29.9 Å². The molecule has 5 heterocycles. The topological polar surface area (TPSA) is 120 Å². The molecule has 0 radical (unpaired) electrons. The molecule has 3 aliphatic heterocycles. The minimum Gasteiger partial charge on any atom is -0.491 e. The van der Waals surface area contributed by atoms with E-state index >= 15 is 0 Å². The first-order valence-electron chi connectivity index (χ1n) is 12.5. The summed E-state index contributed by atoms with van der Waals surface area (Å²) in [5.74, 6) is -1.18. The summed E-state index contributed by atoms with van der Waals surface area (Å²) in [6.07, 6.45) is 0.900. The van der Waals surface area contributed by atoms with Crippen LogP contribution in [0.4, 0.5) is 14.6 Å². The van der Waals surface area contributed by atoms with Crippen molar-refractivity contribution in [3.05, 3.63) is 40.4 Å². The van der Waals surface area contributed by atoms with Crippen LogP contribution in [0.2, 0.25) is 5.02 Å². The number of rotatable bonds is 8. The second-order valence-electron chi connectivity index (χ2n) is 9.57. The van der Waals surface area contributed by atoms with Gasteiger partial charge in [0.25, 0.3) is 6.01 Å². The van der Waals surface area contributed by atoms with E-state index in [1.165, 1.54) is 0 Å². The maximum absolute atomic E-state index is 14.7. The van der Waals surface area contributed by atoms with Crippen molar-refractivity contribution in [3.63, 3.8) is 0 Å². The number of hydrogen-bond acceptors (Lipinski definition) is 9. The Morgan fingerprint density at radius 2 is 1.89 bits per heavy atom. The second kappa shape index (κ2) is 10.8. The molecule has 3 fully saturated rings. The third-order valence-electron chi connectivity index (χ3n) is 6.91. The predicted molar refractivity (Wildman–Crippen MR) is 132 cm³/mol. The lowest BCUT2D eigenvalue weighted by atomic mass is 10.1. The number of aliphatic hydroxyl groups excluding tert-OH is 1. The van der Waals surface area contributed by atoms with E-state index in [0.29, 0.717) is 17.8 Å². The molecule has 6 rings (SSSR count). The van der Waals surface area contributed by atoms with E-state index in [1.54, 1.807) is 6.07 Å². The first kappa shape index (κ1) is 25.5. The molecule has 0 spiro atoms. The van der Waals surface area contributed by atoms with Crippen LogP contribution >= 0.6 is 11.6 Å². The van der Waals surface area contributed by atoms with Crippen molar-refractivity contribution in [3.8, 4) is 11.8 Å². The van der Waals surface area contributed by atoms with Gasteiger partial charge in [0, 0.05) is 30.8 Å². The van der Waals surface area contributed by atoms with Gasteiger partial charge in [0.2, 0.25) is 0 Å². The molecular weight excluding hydrogens is 526 g/mol. The summed E-state index contributed by atoms with van der Waals surface area (Å²) in [4.78, 5) is 11.7. The SMILES string of the molecule is O[C@@H]1CO[C@H]2[C@@H]1OC[C@H]2Oc1nc2nc(NCc3c(F)cc(OCC4CCCCO4)cc3F)c(Cl)cc2[nH]1. The fraction of sp³-hybridized carbons (Fsp3) is 0.520. The second-order valence-corrected chi connectivity index (χ2v) is 9.98. The van der Waals surface area contributed by atoms with Crippen LogP contribution in [-0.2, 0) is 20.8 Å². The summed E-state index contributed by atoms with van der Waals surface area (Å²) < 4.78 is 57.6. The summed E-state index contributed by atoms with van der Waals surface area (Å²) >= 11 is 6.36. The third-order valence-corrected chi connectivity index (χ3v) is 7.19. The number of benzene rings is 1. The van der Waals surface area contributed by atoms with E-state index in [-0.39, 0.29) is 60.6 Å². The largest absolute Gasteiger partial charge is 0.491 e. The smallest absolute Gasteiger partial charge is 0.296 e. The molecule has 38 heavy (non-hydrogen) atoms. The number of imidazole rings is 1. The maximum atomic E-state index is 14.7. The molecule has 10 nitrogen and oxygen atoms in total. The minimum atomic E-state index is -0.749. The number of fused-ring (bicyclic) bond motifs is 2. The van der Waals surface area contributed by atoms with Crippen LogP contribution in [-0.4, -0.2) is 77.0 Å². The molecule has 0 bridgehead atoms. The molecule has 0 saturated carbocycles. The number of halogens is 3. The molecule has 5 atom stereocenters. The van der Waals surface area contributed by atoms with Crippen LogP contribution in [0.1, 0.15) is 24.8 Å². The van der Waals surface area contributed by atoms with Gasteiger partial charge in [-0.05, 0) is 25.3 Å². The number of H-pyrrole nitrogens is 1. The van der Waals surface area contributed by atoms with Crippen LogP contribution in [0, 0.1) is 11.6 Å². The molecule has 2 aromatic heterocycles. The predicted octanol–water partition coefficient (Wildman–Crippen LogP) is 3.36. The third kappa shape index (κ3) is 5.23. The number of hydrogen-bond donors (Lipinski definition) is 3. The number of ether oxygens (including phenoxy) is 5. The fourth-order valence-electron chi connectivity index (χ4n) is 4.90. The molecule has 13 heteroatoms. The number of pyridine rings is 1. The Labute approximate surface area is 221 Å². The maximum Gasteiger partial charge on any atom is 0.296 e. The van der Waals surface area contributed by atoms with E-state index in [9.17, 15) is 13.9 Å². The zero-order valence-corrected chi connectivity index (χ0v) is 21.0. The molecule has 0 aliphatic carbocycles. The number of nitrogens with one attached hydrogen (secondary N) is 2. The normalized spacial score (nSPS) is 27.0. The van der Waals surface area contributed by atoms with Gasteiger partial charge in [-0.25, -0.2) is 13.8 Å². The van der Waals surface area contributed by atoms with Gasteiger partial charge in [-0.15, -0.1) is 0 Å².